The molecule has 3 heterocycles. The van der Waals surface area contributed by atoms with E-state index in [2.05, 4.69) is 15.2 Å². The fourth-order valence-electron chi connectivity index (χ4n) is 2.83. The number of aromatic nitrogens is 3. The first-order valence-electron chi connectivity index (χ1n) is 8.27. The van der Waals surface area contributed by atoms with Gasteiger partial charge >= 0.3 is 0 Å². The van der Waals surface area contributed by atoms with Crippen molar-refractivity contribution in [1.82, 2.24) is 20.1 Å². The van der Waals surface area contributed by atoms with Crippen molar-refractivity contribution in [2.24, 2.45) is 0 Å². The standard InChI is InChI=1S/C18H18N4OS2/c23-17(22-9-1-2-10-22)14-7-5-13(6-8-14)12-25-18-19-16(20-21-18)15-4-3-11-24-15/h3-8,11H,1-2,9-10,12H2,(H,19,20,21). The molecule has 0 unspecified atom stereocenters. The smallest absolute Gasteiger partial charge is 0.253 e. The normalized spacial score (nSPS) is 14.2. The summed E-state index contributed by atoms with van der Waals surface area (Å²) in [5.74, 6) is 1.73. The number of carbonyl (C=O) groups excluding carboxylic acids is 1. The quantitative estimate of drug-likeness (QED) is 0.688. The van der Waals surface area contributed by atoms with E-state index in [0.29, 0.717) is 0 Å². The number of amides is 1. The van der Waals surface area contributed by atoms with E-state index in [-0.39, 0.29) is 5.91 Å². The van der Waals surface area contributed by atoms with Crippen molar-refractivity contribution in [3.8, 4) is 10.7 Å². The Bertz CT molecular complexity index is 836. The molecule has 0 aliphatic carbocycles. The van der Waals surface area contributed by atoms with Gasteiger partial charge in [0.2, 0.25) is 5.16 Å². The number of H-pyrrole nitrogens is 1. The Balaban J connectivity index is 1.36. The van der Waals surface area contributed by atoms with Crippen LogP contribution in [0.1, 0.15) is 28.8 Å². The fraction of sp³-hybridized carbons (Fsp3) is 0.278. The molecule has 7 heteroatoms. The molecule has 1 fully saturated rings. The van der Waals surface area contributed by atoms with Gasteiger partial charge in [0, 0.05) is 24.4 Å². The van der Waals surface area contributed by atoms with Crippen LogP contribution in [0.25, 0.3) is 10.7 Å². The largest absolute Gasteiger partial charge is 0.339 e. The summed E-state index contributed by atoms with van der Waals surface area (Å²) in [4.78, 5) is 19.9. The van der Waals surface area contributed by atoms with E-state index in [1.165, 1.54) is 0 Å². The SMILES string of the molecule is O=C(c1ccc(CSc2n[nH]c(-c3cccs3)n2)cc1)N1CCCC1. The zero-order chi connectivity index (χ0) is 17.1. The number of hydrogen-bond donors (Lipinski definition) is 1. The first kappa shape index (κ1) is 16.4. The zero-order valence-electron chi connectivity index (χ0n) is 13.6. The van der Waals surface area contributed by atoms with Crippen molar-refractivity contribution >= 4 is 29.0 Å². The van der Waals surface area contributed by atoms with Crippen LogP contribution in [0.2, 0.25) is 0 Å². The number of thioether (sulfide) groups is 1. The maximum atomic E-state index is 12.4. The number of thiophene rings is 1. The Morgan fingerprint density at radius 2 is 2.00 bits per heavy atom. The van der Waals surface area contributed by atoms with E-state index >= 15 is 0 Å². The lowest BCUT2D eigenvalue weighted by molar-refractivity contribution is 0.0793. The van der Waals surface area contributed by atoms with E-state index in [0.717, 1.165) is 58.7 Å². The van der Waals surface area contributed by atoms with E-state index in [9.17, 15) is 4.79 Å². The van der Waals surface area contributed by atoms with Gasteiger partial charge in [-0.3, -0.25) is 9.89 Å². The van der Waals surface area contributed by atoms with Crippen LogP contribution >= 0.6 is 23.1 Å². The number of carbonyl (C=O) groups is 1. The van der Waals surface area contributed by atoms with Gasteiger partial charge in [-0.2, -0.15) is 0 Å². The van der Waals surface area contributed by atoms with Crippen LogP contribution in [0, 0.1) is 0 Å². The highest BCUT2D eigenvalue weighted by atomic mass is 32.2. The lowest BCUT2D eigenvalue weighted by Crippen LogP contribution is -2.27. The van der Waals surface area contributed by atoms with Gasteiger partial charge in [-0.25, -0.2) is 4.98 Å². The van der Waals surface area contributed by atoms with E-state index in [4.69, 9.17) is 0 Å². The topological polar surface area (TPSA) is 61.9 Å². The summed E-state index contributed by atoms with van der Waals surface area (Å²) in [6, 6.07) is 11.9. The summed E-state index contributed by atoms with van der Waals surface area (Å²) in [7, 11) is 0. The molecule has 4 rings (SSSR count). The lowest BCUT2D eigenvalue weighted by atomic mass is 10.1. The van der Waals surface area contributed by atoms with Crippen molar-refractivity contribution in [1.29, 1.82) is 0 Å². The minimum atomic E-state index is 0.145. The van der Waals surface area contributed by atoms with Gasteiger partial charge in [0.05, 0.1) is 4.88 Å². The first-order chi connectivity index (χ1) is 12.3. The maximum absolute atomic E-state index is 12.4. The van der Waals surface area contributed by atoms with Crippen LogP contribution in [0.3, 0.4) is 0 Å². The van der Waals surface area contributed by atoms with Gasteiger partial charge < -0.3 is 4.90 Å². The monoisotopic (exact) mass is 370 g/mol. The number of hydrogen-bond acceptors (Lipinski definition) is 5. The molecule has 5 nitrogen and oxygen atoms in total. The third-order valence-corrected chi connectivity index (χ3v) is 5.98. The van der Waals surface area contributed by atoms with E-state index in [1.54, 1.807) is 23.1 Å². The van der Waals surface area contributed by atoms with Crippen LogP contribution < -0.4 is 0 Å². The molecule has 1 N–H and O–H groups in total. The molecule has 1 aliphatic heterocycles. The molecule has 1 saturated heterocycles. The second kappa shape index (κ2) is 7.41. The van der Waals surface area contributed by atoms with Crippen molar-refractivity contribution in [2.75, 3.05) is 13.1 Å². The van der Waals surface area contributed by atoms with Gasteiger partial charge in [0.25, 0.3) is 5.91 Å². The second-order valence-electron chi connectivity index (χ2n) is 5.93. The average molecular weight is 371 g/mol. The van der Waals surface area contributed by atoms with E-state index < -0.39 is 0 Å². The molecule has 25 heavy (non-hydrogen) atoms. The number of nitrogens with zero attached hydrogens (tertiary/aromatic N) is 3. The summed E-state index contributed by atoms with van der Waals surface area (Å²) >= 11 is 3.23. The molecule has 0 bridgehead atoms. The first-order valence-corrected chi connectivity index (χ1v) is 10.1. The molecule has 0 radical (unpaired) electrons. The predicted molar refractivity (Wildman–Crippen MR) is 101 cm³/mol. The third-order valence-electron chi connectivity index (χ3n) is 4.18. The number of nitrogens with one attached hydrogen (secondary N) is 1. The molecule has 1 aromatic carbocycles. The number of benzene rings is 1. The molecular weight excluding hydrogens is 352 g/mol. The van der Waals surface area contributed by atoms with Crippen molar-refractivity contribution in [2.45, 2.75) is 23.8 Å². The summed E-state index contributed by atoms with van der Waals surface area (Å²) < 4.78 is 0. The zero-order valence-corrected chi connectivity index (χ0v) is 15.3. The Kier molecular flexibility index (Phi) is 4.85. The van der Waals surface area contributed by atoms with Crippen molar-refractivity contribution in [3.05, 3.63) is 52.9 Å². The van der Waals surface area contributed by atoms with E-state index in [1.807, 2.05) is 46.7 Å². The highest BCUT2D eigenvalue weighted by molar-refractivity contribution is 7.98. The van der Waals surface area contributed by atoms with Gasteiger partial charge in [0.15, 0.2) is 5.82 Å². The molecule has 1 amide bonds. The van der Waals surface area contributed by atoms with Crippen molar-refractivity contribution in [3.63, 3.8) is 0 Å². The van der Waals surface area contributed by atoms with Gasteiger partial charge in [-0.1, -0.05) is 30.0 Å². The van der Waals surface area contributed by atoms with Gasteiger partial charge in [0.1, 0.15) is 0 Å². The number of aromatic amines is 1. The Morgan fingerprint density at radius 1 is 1.20 bits per heavy atom. The summed E-state index contributed by atoms with van der Waals surface area (Å²) in [5, 5.41) is 10.00. The molecule has 0 spiro atoms. The second-order valence-corrected chi connectivity index (χ2v) is 7.82. The van der Waals surface area contributed by atoms with Crippen LogP contribution in [0.15, 0.2) is 46.9 Å². The number of rotatable bonds is 5. The summed E-state index contributed by atoms with van der Waals surface area (Å²) in [6.07, 6.45) is 2.23. The predicted octanol–water partition coefficient (Wildman–Crippen LogP) is 4.06. The fourth-order valence-corrected chi connectivity index (χ4v) is 4.25. The molecule has 128 valence electrons. The minimum Gasteiger partial charge on any atom is -0.339 e. The Hall–Kier alpha value is -2.12. The average Bonchev–Trinajstić information content (AvgIpc) is 3.42. The minimum absolute atomic E-state index is 0.145. The molecule has 1 aliphatic rings. The number of likely N-dealkylation sites (tertiary alicyclic amines) is 1. The maximum Gasteiger partial charge on any atom is 0.253 e. The highest BCUT2D eigenvalue weighted by Crippen LogP contribution is 2.25. The van der Waals surface area contributed by atoms with Gasteiger partial charge in [-0.15, -0.1) is 16.4 Å². The van der Waals surface area contributed by atoms with Crippen molar-refractivity contribution < 1.29 is 4.79 Å². The van der Waals surface area contributed by atoms with Crippen LogP contribution in [-0.4, -0.2) is 39.1 Å². The molecule has 2 aromatic heterocycles. The lowest BCUT2D eigenvalue weighted by Gasteiger charge is -2.15. The Labute approximate surface area is 154 Å². The van der Waals surface area contributed by atoms with Crippen LogP contribution in [0.5, 0.6) is 0 Å². The molecule has 0 saturated carbocycles. The third kappa shape index (κ3) is 3.77. The molecule has 3 aromatic rings. The van der Waals surface area contributed by atoms with Crippen LogP contribution in [0.4, 0.5) is 0 Å². The highest BCUT2D eigenvalue weighted by Gasteiger charge is 2.19. The summed E-state index contributed by atoms with van der Waals surface area (Å²) in [6.45, 7) is 1.77. The van der Waals surface area contributed by atoms with Crippen LogP contribution in [-0.2, 0) is 5.75 Å². The molecule has 0 atom stereocenters. The van der Waals surface area contributed by atoms with Gasteiger partial charge in [-0.05, 0) is 42.0 Å². The Morgan fingerprint density at radius 3 is 2.72 bits per heavy atom. The summed E-state index contributed by atoms with van der Waals surface area (Å²) in [5.41, 5.74) is 1.93. The molecular formula is C18H18N4OS2.